The molecule has 0 radical (unpaired) electrons. The molecule has 7 heteroatoms. The third-order valence-corrected chi connectivity index (χ3v) is 4.44. The van der Waals surface area contributed by atoms with Gasteiger partial charge in [0.1, 0.15) is 5.54 Å². The van der Waals surface area contributed by atoms with Crippen LogP contribution in [-0.2, 0) is 10.3 Å². The highest BCUT2D eigenvalue weighted by Crippen LogP contribution is 2.32. The second-order valence-electron chi connectivity index (χ2n) is 5.76. The third-order valence-electron chi connectivity index (χ3n) is 4.44. The van der Waals surface area contributed by atoms with Gasteiger partial charge in [0.15, 0.2) is 11.5 Å². The van der Waals surface area contributed by atoms with Crippen molar-refractivity contribution in [2.45, 2.75) is 18.4 Å². The smallest absolute Gasteiger partial charge is 0.252 e. The van der Waals surface area contributed by atoms with Crippen LogP contribution in [0.2, 0.25) is 0 Å². The lowest BCUT2D eigenvalue weighted by Crippen LogP contribution is -2.52. The van der Waals surface area contributed by atoms with E-state index in [2.05, 4.69) is 15.7 Å². The Morgan fingerprint density at radius 2 is 2.00 bits per heavy atom. The van der Waals surface area contributed by atoms with Crippen molar-refractivity contribution in [3.63, 3.8) is 0 Å². The zero-order valence-electron chi connectivity index (χ0n) is 13.9. The van der Waals surface area contributed by atoms with Gasteiger partial charge >= 0.3 is 0 Å². The summed E-state index contributed by atoms with van der Waals surface area (Å²) in [7, 11) is 3.15. The Labute approximate surface area is 140 Å². The summed E-state index contributed by atoms with van der Waals surface area (Å²) in [6.45, 7) is 1.55. The molecule has 0 spiro atoms. The molecule has 128 valence electrons. The molecule has 0 aliphatic carbocycles. The minimum Gasteiger partial charge on any atom is -0.493 e. The molecule has 0 bridgehead atoms. The molecule has 2 N–H and O–H groups in total. The fourth-order valence-electron chi connectivity index (χ4n) is 3.08. The minimum absolute atomic E-state index is 0.0695. The van der Waals surface area contributed by atoms with Gasteiger partial charge in [-0.2, -0.15) is 5.10 Å². The summed E-state index contributed by atoms with van der Waals surface area (Å²) >= 11 is 0. The molecule has 1 aromatic heterocycles. The fourth-order valence-corrected chi connectivity index (χ4v) is 3.08. The van der Waals surface area contributed by atoms with Gasteiger partial charge < -0.3 is 20.1 Å². The highest BCUT2D eigenvalue weighted by atomic mass is 16.5. The molecule has 2 aromatic rings. The number of benzene rings is 1. The number of carbonyl (C=O) groups is 1. The van der Waals surface area contributed by atoms with Crippen LogP contribution in [0.5, 0.6) is 11.5 Å². The zero-order chi connectivity index (χ0) is 17.0. The summed E-state index contributed by atoms with van der Waals surface area (Å²) in [4.78, 5) is 13.1. The van der Waals surface area contributed by atoms with Gasteiger partial charge in [-0.25, -0.2) is 0 Å². The van der Waals surface area contributed by atoms with Gasteiger partial charge in [0.2, 0.25) is 0 Å². The number of carbonyl (C=O) groups excluding carboxylic acids is 1. The summed E-state index contributed by atoms with van der Waals surface area (Å²) in [5, 5.41) is 10.6. The zero-order valence-corrected chi connectivity index (χ0v) is 13.9. The van der Waals surface area contributed by atoms with E-state index < -0.39 is 5.54 Å². The minimum atomic E-state index is -0.679. The predicted octanol–water partition coefficient (Wildman–Crippen LogP) is 1.62. The Bertz CT molecular complexity index is 694. The maximum Gasteiger partial charge on any atom is 0.252 e. The monoisotopic (exact) mass is 330 g/mol. The molecule has 1 aliphatic rings. The van der Waals surface area contributed by atoms with Gasteiger partial charge in [-0.15, -0.1) is 0 Å². The summed E-state index contributed by atoms with van der Waals surface area (Å²) in [6.07, 6.45) is 4.93. The van der Waals surface area contributed by atoms with Gasteiger partial charge in [-0.1, -0.05) is 0 Å². The van der Waals surface area contributed by atoms with Crippen LogP contribution in [-0.4, -0.2) is 43.0 Å². The van der Waals surface area contributed by atoms with Crippen LogP contribution in [0.4, 0.5) is 5.69 Å². The summed E-state index contributed by atoms with van der Waals surface area (Å²) in [5.41, 5.74) is -0.00948. The Morgan fingerprint density at radius 3 is 2.62 bits per heavy atom. The molecule has 0 unspecified atom stereocenters. The van der Waals surface area contributed by atoms with Gasteiger partial charge in [0, 0.05) is 24.1 Å². The molecule has 1 amide bonds. The lowest BCUT2D eigenvalue weighted by atomic mass is 9.87. The lowest BCUT2D eigenvalue weighted by Gasteiger charge is -2.36. The number of ether oxygens (including phenoxy) is 2. The Hall–Kier alpha value is -2.54. The average molecular weight is 330 g/mol. The van der Waals surface area contributed by atoms with Crippen LogP contribution in [0.1, 0.15) is 12.8 Å². The van der Waals surface area contributed by atoms with Crippen molar-refractivity contribution < 1.29 is 14.3 Å². The fraction of sp³-hybridized carbons (Fsp3) is 0.412. The average Bonchev–Trinajstić information content (AvgIpc) is 3.17. The number of rotatable bonds is 5. The van der Waals surface area contributed by atoms with Crippen LogP contribution in [0, 0.1) is 0 Å². The van der Waals surface area contributed by atoms with Gasteiger partial charge in [0.25, 0.3) is 5.91 Å². The molecule has 3 rings (SSSR count). The molecule has 1 aromatic carbocycles. The molecular weight excluding hydrogens is 308 g/mol. The second kappa shape index (κ2) is 6.92. The van der Waals surface area contributed by atoms with Crippen molar-refractivity contribution in [1.29, 1.82) is 0 Å². The van der Waals surface area contributed by atoms with Crippen LogP contribution in [0.15, 0.2) is 36.7 Å². The van der Waals surface area contributed by atoms with E-state index >= 15 is 0 Å². The number of hydrogen-bond acceptors (Lipinski definition) is 5. The van der Waals surface area contributed by atoms with E-state index in [-0.39, 0.29) is 5.91 Å². The van der Waals surface area contributed by atoms with E-state index in [4.69, 9.17) is 9.47 Å². The molecule has 1 saturated heterocycles. The van der Waals surface area contributed by atoms with Gasteiger partial charge in [-0.3, -0.25) is 9.48 Å². The molecule has 1 fully saturated rings. The van der Waals surface area contributed by atoms with Gasteiger partial charge in [-0.05, 0) is 44.1 Å². The SMILES string of the molecule is COc1ccc(NC(=O)C2(n3cccn3)CCNCC2)cc1OC. The van der Waals surface area contributed by atoms with Crippen molar-refractivity contribution in [1.82, 2.24) is 15.1 Å². The van der Waals surface area contributed by atoms with Crippen LogP contribution in [0.25, 0.3) is 0 Å². The van der Waals surface area contributed by atoms with E-state index in [1.54, 1.807) is 43.3 Å². The Kier molecular flexibility index (Phi) is 4.71. The number of piperidine rings is 1. The quantitative estimate of drug-likeness (QED) is 0.871. The summed E-state index contributed by atoms with van der Waals surface area (Å²) in [5.74, 6) is 1.13. The van der Waals surface area contributed by atoms with Crippen molar-refractivity contribution in [3.05, 3.63) is 36.7 Å². The number of anilines is 1. The standard InChI is InChI=1S/C17H22N4O3/c1-23-14-5-4-13(12-15(14)24-2)20-16(22)17(6-9-18-10-7-17)21-11-3-8-19-21/h3-5,8,11-12,18H,6-7,9-10H2,1-2H3,(H,20,22). The second-order valence-corrected chi connectivity index (χ2v) is 5.76. The first-order valence-electron chi connectivity index (χ1n) is 7.94. The molecule has 1 aliphatic heterocycles. The number of nitrogens with zero attached hydrogens (tertiary/aromatic N) is 2. The third kappa shape index (κ3) is 2.94. The molecule has 0 saturated carbocycles. The maximum atomic E-state index is 13.1. The largest absolute Gasteiger partial charge is 0.493 e. The van der Waals surface area contributed by atoms with Crippen molar-refractivity contribution >= 4 is 11.6 Å². The van der Waals surface area contributed by atoms with Crippen LogP contribution < -0.4 is 20.1 Å². The van der Waals surface area contributed by atoms with E-state index in [0.29, 0.717) is 30.0 Å². The van der Waals surface area contributed by atoms with Crippen molar-refractivity contribution in [2.75, 3.05) is 32.6 Å². The van der Waals surface area contributed by atoms with Crippen LogP contribution in [0.3, 0.4) is 0 Å². The Morgan fingerprint density at radius 1 is 1.25 bits per heavy atom. The highest BCUT2D eigenvalue weighted by molar-refractivity contribution is 5.97. The lowest BCUT2D eigenvalue weighted by molar-refractivity contribution is -0.126. The molecular formula is C17H22N4O3. The van der Waals surface area contributed by atoms with Gasteiger partial charge in [0.05, 0.1) is 14.2 Å². The first kappa shape index (κ1) is 16.3. The number of methoxy groups -OCH3 is 2. The highest BCUT2D eigenvalue weighted by Gasteiger charge is 2.42. The number of hydrogen-bond donors (Lipinski definition) is 2. The van der Waals surface area contributed by atoms with E-state index in [1.165, 1.54) is 0 Å². The number of aromatic nitrogens is 2. The van der Waals surface area contributed by atoms with E-state index in [1.807, 2.05) is 12.3 Å². The molecule has 7 nitrogen and oxygen atoms in total. The normalized spacial score (nSPS) is 16.4. The number of amides is 1. The molecule has 2 heterocycles. The molecule has 0 atom stereocenters. The Balaban J connectivity index is 1.87. The predicted molar refractivity (Wildman–Crippen MR) is 90.5 cm³/mol. The van der Waals surface area contributed by atoms with Crippen molar-refractivity contribution in [2.24, 2.45) is 0 Å². The summed E-state index contributed by atoms with van der Waals surface area (Å²) < 4.78 is 12.3. The first-order valence-corrected chi connectivity index (χ1v) is 7.94. The molecule has 24 heavy (non-hydrogen) atoms. The topological polar surface area (TPSA) is 77.4 Å². The number of nitrogens with one attached hydrogen (secondary N) is 2. The van der Waals surface area contributed by atoms with E-state index in [9.17, 15) is 4.79 Å². The van der Waals surface area contributed by atoms with Crippen molar-refractivity contribution in [3.8, 4) is 11.5 Å². The van der Waals surface area contributed by atoms with Crippen LogP contribution >= 0.6 is 0 Å². The maximum absolute atomic E-state index is 13.1. The first-order chi connectivity index (χ1) is 11.7. The summed E-state index contributed by atoms with van der Waals surface area (Å²) in [6, 6.07) is 7.18. The van der Waals surface area contributed by atoms with E-state index in [0.717, 1.165) is 13.1 Å².